The van der Waals surface area contributed by atoms with Crippen molar-refractivity contribution in [1.29, 1.82) is 5.41 Å². The molecule has 0 heterocycles. The number of allylic oxidation sites excluding steroid dienone is 2. The van der Waals surface area contributed by atoms with Gasteiger partial charge in [0.05, 0.1) is 18.4 Å². The topological polar surface area (TPSA) is 87.5 Å². The van der Waals surface area contributed by atoms with E-state index >= 15 is 0 Å². The van der Waals surface area contributed by atoms with E-state index in [1.165, 1.54) is 19.2 Å². The predicted octanol–water partition coefficient (Wildman–Crippen LogP) is 2.95. The highest BCUT2D eigenvalue weighted by Gasteiger charge is 2.35. The van der Waals surface area contributed by atoms with Crippen molar-refractivity contribution in [3.8, 4) is 5.75 Å². The summed E-state index contributed by atoms with van der Waals surface area (Å²) in [6.07, 6.45) is 0. The number of methoxy groups -OCH3 is 1. The minimum Gasteiger partial charge on any atom is -0.504 e. The summed E-state index contributed by atoms with van der Waals surface area (Å²) in [6.45, 7) is 0. The van der Waals surface area contributed by atoms with Gasteiger partial charge in [-0.1, -0.05) is 30.3 Å². The van der Waals surface area contributed by atoms with Crippen LogP contribution in [0.15, 0.2) is 59.9 Å². The van der Waals surface area contributed by atoms with Gasteiger partial charge >= 0.3 is 0 Å². The van der Waals surface area contributed by atoms with Crippen molar-refractivity contribution in [3.05, 3.63) is 76.6 Å². The van der Waals surface area contributed by atoms with Crippen LogP contribution in [0.5, 0.6) is 5.75 Å². The lowest BCUT2D eigenvalue weighted by molar-refractivity contribution is 0.0934. The van der Waals surface area contributed by atoms with Gasteiger partial charge in [0.2, 0.25) is 5.78 Å². The van der Waals surface area contributed by atoms with Crippen molar-refractivity contribution in [2.45, 2.75) is 0 Å². The smallest absolute Gasteiger partial charge is 0.228 e. The maximum atomic E-state index is 12.7. The fourth-order valence-electron chi connectivity index (χ4n) is 2.50. The van der Waals surface area contributed by atoms with E-state index in [1.54, 1.807) is 36.4 Å². The molecule has 23 heavy (non-hydrogen) atoms. The summed E-state index contributed by atoms with van der Waals surface area (Å²) in [4.78, 5) is 25.0. The Morgan fingerprint density at radius 1 is 1.00 bits per heavy atom. The first-order valence-electron chi connectivity index (χ1n) is 6.89. The molecule has 0 saturated carbocycles. The Morgan fingerprint density at radius 3 is 2.35 bits per heavy atom. The van der Waals surface area contributed by atoms with Crippen LogP contribution in [0.3, 0.4) is 0 Å². The molecule has 3 rings (SSSR count). The number of ether oxygens (including phenoxy) is 1. The number of benzene rings is 2. The zero-order chi connectivity index (χ0) is 16.6. The summed E-state index contributed by atoms with van der Waals surface area (Å²) in [7, 11) is 1.46. The molecule has 114 valence electrons. The molecule has 0 unspecified atom stereocenters. The minimum atomic E-state index is -0.693. The largest absolute Gasteiger partial charge is 0.504 e. The first-order chi connectivity index (χ1) is 11.0. The third-order valence-electron chi connectivity index (χ3n) is 3.71. The maximum Gasteiger partial charge on any atom is 0.228 e. The number of carbonyl (C=O) groups is 2. The molecular weight excluding hydrogens is 294 g/mol. The SMILES string of the molecule is COc1ccc2c(c1)C(=O)C(C(=N)c1ccccc1)=C(O)C2=O. The Morgan fingerprint density at radius 2 is 1.70 bits per heavy atom. The van der Waals surface area contributed by atoms with Crippen LogP contribution in [0.1, 0.15) is 26.3 Å². The van der Waals surface area contributed by atoms with Crippen molar-refractivity contribution < 1.29 is 19.4 Å². The molecule has 0 bridgehead atoms. The summed E-state index contributed by atoms with van der Waals surface area (Å²) < 4.78 is 5.08. The minimum absolute atomic E-state index is 0.109. The average Bonchev–Trinajstić information content (AvgIpc) is 2.60. The lowest BCUT2D eigenvalue weighted by atomic mass is 9.84. The molecule has 0 spiro atoms. The molecule has 0 saturated heterocycles. The Hall–Kier alpha value is -3.21. The highest BCUT2D eigenvalue weighted by Crippen LogP contribution is 2.29. The summed E-state index contributed by atoms with van der Waals surface area (Å²) in [5.74, 6) is -1.50. The van der Waals surface area contributed by atoms with Crippen molar-refractivity contribution in [2.75, 3.05) is 7.11 Å². The summed E-state index contributed by atoms with van der Waals surface area (Å²) in [5, 5.41) is 18.3. The molecule has 0 atom stereocenters. The van der Waals surface area contributed by atoms with Crippen LogP contribution in [-0.2, 0) is 0 Å². The lowest BCUT2D eigenvalue weighted by Gasteiger charge is -2.19. The van der Waals surface area contributed by atoms with Gasteiger partial charge in [-0.15, -0.1) is 0 Å². The van der Waals surface area contributed by atoms with Gasteiger partial charge in [0.1, 0.15) is 5.75 Å². The van der Waals surface area contributed by atoms with E-state index < -0.39 is 17.3 Å². The molecule has 0 fully saturated rings. The molecule has 0 aliphatic heterocycles. The molecule has 5 nitrogen and oxygen atoms in total. The van der Waals surface area contributed by atoms with Crippen molar-refractivity contribution in [3.63, 3.8) is 0 Å². The molecule has 1 aliphatic carbocycles. The van der Waals surface area contributed by atoms with Gasteiger partial charge in [0.15, 0.2) is 11.5 Å². The molecule has 1 aliphatic rings. The molecule has 0 radical (unpaired) electrons. The second-order valence-electron chi connectivity index (χ2n) is 5.03. The third-order valence-corrected chi connectivity index (χ3v) is 3.71. The van der Waals surface area contributed by atoms with Crippen LogP contribution in [0.25, 0.3) is 0 Å². The monoisotopic (exact) mass is 307 g/mol. The molecule has 2 aromatic rings. The Kier molecular flexibility index (Phi) is 3.54. The van der Waals surface area contributed by atoms with Crippen molar-refractivity contribution in [2.24, 2.45) is 0 Å². The summed E-state index contributed by atoms with van der Waals surface area (Å²) >= 11 is 0. The van der Waals surface area contributed by atoms with E-state index in [2.05, 4.69) is 0 Å². The van der Waals surface area contributed by atoms with Crippen LogP contribution < -0.4 is 4.74 Å². The number of hydrogen-bond acceptors (Lipinski definition) is 5. The Bertz CT molecular complexity index is 866. The van der Waals surface area contributed by atoms with Crippen LogP contribution in [0.4, 0.5) is 0 Å². The second-order valence-corrected chi connectivity index (χ2v) is 5.03. The van der Waals surface area contributed by atoms with Crippen LogP contribution in [0, 0.1) is 5.41 Å². The quantitative estimate of drug-likeness (QED) is 0.853. The van der Waals surface area contributed by atoms with E-state index in [0.29, 0.717) is 11.3 Å². The van der Waals surface area contributed by atoms with E-state index in [1.807, 2.05) is 0 Å². The van der Waals surface area contributed by atoms with Gasteiger partial charge < -0.3 is 9.84 Å². The second kappa shape index (κ2) is 5.53. The number of ketones is 2. The number of nitrogens with one attached hydrogen (secondary N) is 1. The molecule has 0 amide bonds. The number of hydrogen-bond donors (Lipinski definition) is 2. The lowest BCUT2D eigenvalue weighted by Crippen LogP contribution is -2.26. The Labute approximate surface area is 132 Å². The molecule has 5 heteroatoms. The van der Waals surface area contributed by atoms with Crippen molar-refractivity contribution in [1.82, 2.24) is 0 Å². The zero-order valence-corrected chi connectivity index (χ0v) is 12.3. The fourth-order valence-corrected chi connectivity index (χ4v) is 2.50. The standard InChI is InChI=1S/C18H13NO4/c1-23-11-7-8-12-13(9-11)16(20)14(18(22)17(12)21)15(19)10-5-3-2-4-6-10/h2-9,19,22H,1H3. The van der Waals surface area contributed by atoms with E-state index in [-0.39, 0.29) is 22.4 Å². The third kappa shape index (κ3) is 2.32. The number of Topliss-reactive ketones (excluding diaryl/α,β-unsaturated/α-hetero) is 2. The molecule has 2 aromatic carbocycles. The highest BCUT2D eigenvalue weighted by atomic mass is 16.5. The molecular formula is C18H13NO4. The highest BCUT2D eigenvalue weighted by molar-refractivity contribution is 6.39. The zero-order valence-electron chi connectivity index (χ0n) is 12.3. The normalized spacial score (nSPS) is 13.8. The van der Waals surface area contributed by atoms with Gasteiger partial charge in [-0.25, -0.2) is 0 Å². The number of aliphatic hydroxyl groups is 1. The van der Waals surface area contributed by atoms with E-state index in [9.17, 15) is 14.7 Å². The van der Waals surface area contributed by atoms with Crippen LogP contribution >= 0.6 is 0 Å². The van der Waals surface area contributed by atoms with Gasteiger partial charge in [0.25, 0.3) is 0 Å². The van der Waals surface area contributed by atoms with Gasteiger partial charge in [-0.05, 0) is 18.2 Å². The fraction of sp³-hybridized carbons (Fsp3) is 0.0556. The van der Waals surface area contributed by atoms with Crippen LogP contribution in [-0.4, -0.2) is 29.5 Å². The van der Waals surface area contributed by atoms with Crippen LogP contribution in [0.2, 0.25) is 0 Å². The molecule has 2 N–H and O–H groups in total. The van der Waals surface area contributed by atoms with E-state index in [0.717, 1.165) is 0 Å². The maximum absolute atomic E-state index is 12.7. The average molecular weight is 307 g/mol. The number of fused-ring (bicyclic) bond motifs is 1. The number of carbonyl (C=O) groups excluding carboxylic acids is 2. The molecule has 0 aromatic heterocycles. The number of rotatable bonds is 3. The summed E-state index contributed by atoms with van der Waals surface area (Å²) in [5.41, 5.74) is 0.208. The predicted molar refractivity (Wildman–Crippen MR) is 84.6 cm³/mol. The van der Waals surface area contributed by atoms with Crippen molar-refractivity contribution >= 4 is 17.3 Å². The Balaban J connectivity index is 2.14. The van der Waals surface area contributed by atoms with Gasteiger partial charge in [-0.2, -0.15) is 0 Å². The van der Waals surface area contributed by atoms with Gasteiger partial charge in [-0.3, -0.25) is 15.0 Å². The first-order valence-corrected chi connectivity index (χ1v) is 6.89. The first kappa shape index (κ1) is 14.7. The van der Waals surface area contributed by atoms with E-state index in [4.69, 9.17) is 10.1 Å². The van der Waals surface area contributed by atoms with Gasteiger partial charge in [0, 0.05) is 16.7 Å². The summed E-state index contributed by atoms with van der Waals surface area (Å²) in [6, 6.07) is 12.9. The number of aliphatic hydroxyl groups excluding tert-OH is 1.